The predicted molar refractivity (Wildman–Crippen MR) is 73.8 cm³/mol. The third-order valence-corrected chi connectivity index (χ3v) is 2.72. The molecule has 0 aliphatic heterocycles. The molecule has 0 fully saturated rings. The highest BCUT2D eigenvalue weighted by Gasteiger charge is 2.30. The SMILES string of the molecule is CCOC(=O)C(F)[C@@H](N)c1cc([N+](=O)[O-])ccc1Cl.Cl. The highest BCUT2D eigenvalue weighted by Crippen LogP contribution is 2.29. The van der Waals surface area contributed by atoms with Crippen LogP contribution in [0.4, 0.5) is 10.1 Å². The first-order chi connectivity index (χ1) is 8.88. The monoisotopic (exact) mass is 326 g/mol. The minimum atomic E-state index is -2.14. The maximum atomic E-state index is 13.7. The number of halogens is 3. The molecule has 0 radical (unpaired) electrons. The van der Waals surface area contributed by atoms with Crippen molar-refractivity contribution in [2.75, 3.05) is 6.61 Å². The fourth-order valence-electron chi connectivity index (χ4n) is 1.43. The molecule has 1 aromatic carbocycles. The number of hydrogen-bond donors (Lipinski definition) is 1. The third kappa shape index (κ3) is 4.29. The van der Waals surface area contributed by atoms with Crippen LogP contribution < -0.4 is 5.73 Å². The van der Waals surface area contributed by atoms with E-state index in [-0.39, 0.29) is 35.3 Å². The summed E-state index contributed by atoms with van der Waals surface area (Å²) in [5.41, 5.74) is 5.25. The molecule has 1 aromatic rings. The van der Waals surface area contributed by atoms with Gasteiger partial charge in [-0.3, -0.25) is 10.1 Å². The van der Waals surface area contributed by atoms with E-state index in [2.05, 4.69) is 4.74 Å². The van der Waals surface area contributed by atoms with Gasteiger partial charge in [-0.25, -0.2) is 9.18 Å². The van der Waals surface area contributed by atoms with E-state index in [1.54, 1.807) is 0 Å². The summed E-state index contributed by atoms with van der Waals surface area (Å²) in [4.78, 5) is 21.2. The first-order valence-electron chi connectivity index (χ1n) is 5.38. The lowest BCUT2D eigenvalue weighted by atomic mass is 10.0. The summed E-state index contributed by atoms with van der Waals surface area (Å²) in [7, 11) is 0. The second kappa shape index (κ2) is 7.98. The molecule has 1 rings (SSSR count). The maximum absolute atomic E-state index is 13.7. The Balaban J connectivity index is 0.00000361. The van der Waals surface area contributed by atoms with Crippen molar-refractivity contribution in [2.24, 2.45) is 5.73 Å². The van der Waals surface area contributed by atoms with Crippen molar-refractivity contribution < 1.29 is 18.8 Å². The number of ether oxygens (including phenoxy) is 1. The lowest BCUT2D eigenvalue weighted by molar-refractivity contribution is -0.384. The number of esters is 1. The number of carbonyl (C=O) groups excluding carboxylic acids is 1. The van der Waals surface area contributed by atoms with Gasteiger partial charge in [-0.2, -0.15) is 0 Å². The van der Waals surface area contributed by atoms with Crippen molar-refractivity contribution in [1.29, 1.82) is 0 Å². The molecule has 0 heterocycles. The summed E-state index contributed by atoms with van der Waals surface area (Å²) >= 11 is 5.80. The van der Waals surface area contributed by atoms with E-state index in [0.29, 0.717) is 0 Å². The summed E-state index contributed by atoms with van der Waals surface area (Å²) in [6.45, 7) is 1.53. The number of nitro groups is 1. The summed E-state index contributed by atoms with van der Waals surface area (Å²) in [5, 5.41) is 10.7. The van der Waals surface area contributed by atoms with Crippen LogP contribution in [-0.2, 0) is 9.53 Å². The Morgan fingerprint density at radius 3 is 2.70 bits per heavy atom. The number of nitrogens with two attached hydrogens (primary N) is 1. The topological polar surface area (TPSA) is 95.5 Å². The average molecular weight is 327 g/mol. The highest BCUT2D eigenvalue weighted by atomic mass is 35.5. The van der Waals surface area contributed by atoms with Crippen LogP contribution in [0.5, 0.6) is 0 Å². The molecule has 0 aliphatic carbocycles. The highest BCUT2D eigenvalue weighted by molar-refractivity contribution is 6.31. The number of nitro benzene ring substituents is 1. The van der Waals surface area contributed by atoms with E-state index < -0.39 is 23.1 Å². The van der Waals surface area contributed by atoms with Gasteiger partial charge >= 0.3 is 5.97 Å². The maximum Gasteiger partial charge on any atom is 0.342 e. The van der Waals surface area contributed by atoms with Gasteiger partial charge in [-0.05, 0) is 18.6 Å². The van der Waals surface area contributed by atoms with Crippen molar-refractivity contribution in [3.8, 4) is 0 Å². The van der Waals surface area contributed by atoms with E-state index in [1.165, 1.54) is 13.0 Å². The van der Waals surface area contributed by atoms with Gasteiger partial charge < -0.3 is 10.5 Å². The van der Waals surface area contributed by atoms with Gasteiger partial charge in [0, 0.05) is 17.2 Å². The number of benzene rings is 1. The van der Waals surface area contributed by atoms with Gasteiger partial charge in [0.1, 0.15) is 0 Å². The Hall–Kier alpha value is -1.44. The van der Waals surface area contributed by atoms with Crippen molar-refractivity contribution in [3.63, 3.8) is 0 Å². The van der Waals surface area contributed by atoms with Crippen LogP contribution in [0.2, 0.25) is 5.02 Å². The molecule has 0 saturated carbocycles. The van der Waals surface area contributed by atoms with Gasteiger partial charge in [0.2, 0.25) is 6.17 Å². The van der Waals surface area contributed by atoms with E-state index in [0.717, 1.165) is 12.1 Å². The minimum absolute atomic E-state index is 0. The Kier molecular flexibility index (Phi) is 7.41. The number of nitrogens with zero attached hydrogens (tertiary/aromatic N) is 1. The molecule has 0 saturated heterocycles. The summed E-state index contributed by atoms with van der Waals surface area (Å²) < 4.78 is 18.2. The second-order valence-electron chi connectivity index (χ2n) is 3.64. The van der Waals surface area contributed by atoms with Gasteiger partial charge in [0.05, 0.1) is 17.6 Å². The van der Waals surface area contributed by atoms with Crippen molar-refractivity contribution in [2.45, 2.75) is 19.1 Å². The van der Waals surface area contributed by atoms with E-state index in [4.69, 9.17) is 17.3 Å². The summed E-state index contributed by atoms with van der Waals surface area (Å²) in [6, 6.07) is 2.01. The van der Waals surface area contributed by atoms with Crippen LogP contribution in [-0.4, -0.2) is 23.7 Å². The second-order valence-corrected chi connectivity index (χ2v) is 4.05. The largest absolute Gasteiger partial charge is 0.464 e. The number of hydrogen-bond acceptors (Lipinski definition) is 5. The van der Waals surface area contributed by atoms with Crippen LogP contribution in [0.15, 0.2) is 18.2 Å². The first-order valence-corrected chi connectivity index (χ1v) is 5.76. The van der Waals surface area contributed by atoms with Gasteiger partial charge in [0.25, 0.3) is 5.69 Å². The fraction of sp³-hybridized carbons (Fsp3) is 0.364. The molecule has 2 N–H and O–H groups in total. The minimum Gasteiger partial charge on any atom is -0.464 e. The predicted octanol–water partition coefficient (Wildman–Crippen LogP) is 2.57. The molecule has 6 nitrogen and oxygen atoms in total. The fourth-order valence-corrected chi connectivity index (χ4v) is 1.67. The average Bonchev–Trinajstić information content (AvgIpc) is 2.37. The normalized spacial score (nSPS) is 13.0. The van der Waals surface area contributed by atoms with Crippen LogP contribution in [0.1, 0.15) is 18.5 Å². The van der Waals surface area contributed by atoms with Crippen LogP contribution in [0.25, 0.3) is 0 Å². The van der Waals surface area contributed by atoms with E-state index in [1.807, 2.05) is 0 Å². The number of alkyl halides is 1. The standard InChI is InChI=1S/C11H12ClFN2O4.ClH/c1-2-19-11(16)9(13)10(14)7-5-6(15(17)18)3-4-8(7)12;/h3-5,9-10H,2,14H2,1H3;1H/t9?,10-;/m0./s1. The van der Waals surface area contributed by atoms with E-state index >= 15 is 0 Å². The van der Waals surface area contributed by atoms with Crippen LogP contribution in [0, 0.1) is 10.1 Å². The molecule has 112 valence electrons. The molecule has 20 heavy (non-hydrogen) atoms. The molecular formula is C11H13Cl2FN2O4. The molecule has 1 unspecified atom stereocenters. The van der Waals surface area contributed by atoms with Crippen LogP contribution in [0.3, 0.4) is 0 Å². The molecule has 0 spiro atoms. The first kappa shape index (κ1) is 18.6. The Morgan fingerprint density at radius 2 is 2.20 bits per heavy atom. The lowest BCUT2D eigenvalue weighted by Crippen LogP contribution is -2.31. The molecule has 0 bridgehead atoms. The zero-order valence-corrected chi connectivity index (χ0v) is 12.0. The zero-order valence-electron chi connectivity index (χ0n) is 10.4. The van der Waals surface area contributed by atoms with Gasteiger partial charge in [0.15, 0.2) is 0 Å². The van der Waals surface area contributed by atoms with Gasteiger partial charge in [-0.15, -0.1) is 12.4 Å². The quantitative estimate of drug-likeness (QED) is 0.509. The molecule has 0 aromatic heterocycles. The van der Waals surface area contributed by atoms with Crippen molar-refractivity contribution in [1.82, 2.24) is 0 Å². The lowest BCUT2D eigenvalue weighted by Gasteiger charge is -2.16. The van der Waals surface area contributed by atoms with Crippen LogP contribution >= 0.6 is 24.0 Å². The molecule has 0 aliphatic rings. The molecular weight excluding hydrogens is 314 g/mol. The summed E-state index contributed by atoms with van der Waals surface area (Å²) in [5.74, 6) is -1.13. The zero-order chi connectivity index (χ0) is 14.6. The smallest absolute Gasteiger partial charge is 0.342 e. The van der Waals surface area contributed by atoms with E-state index in [9.17, 15) is 19.3 Å². The molecule has 0 amide bonds. The van der Waals surface area contributed by atoms with Gasteiger partial charge in [-0.1, -0.05) is 11.6 Å². The molecule has 9 heteroatoms. The third-order valence-electron chi connectivity index (χ3n) is 2.38. The number of non-ortho nitro benzene ring substituents is 1. The number of rotatable bonds is 5. The Morgan fingerprint density at radius 1 is 1.60 bits per heavy atom. The molecule has 2 atom stereocenters. The van der Waals surface area contributed by atoms with Crippen molar-refractivity contribution in [3.05, 3.63) is 38.9 Å². The van der Waals surface area contributed by atoms with Crippen molar-refractivity contribution >= 4 is 35.7 Å². The number of carbonyl (C=O) groups is 1. The Labute approximate surface area is 125 Å². The Bertz CT molecular complexity index is 501. The summed E-state index contributed by atoms with van der Waals surface area (Å²) in [6.07, 6.45) is -2.14.